The van der Waals surface area contributed by atoms with Crippen LogP contribution in [0.1, 0.15) is 36.0 Å². The minimum absolute atomic E-state index is 0.0650. The fourth-order valence-corrected chi connectivity index (χ4v) is 3.87. The Morgan fingerprint density at radius 2 is 2.05 bits per heavy atom. The Balaban J connectivity index is 1.80. The van der Waals surface area contributed by atoms with Gasteiger partial charge in [0.2, 0.25) is 0 Å². The highest BCUT2D eigenvalue weighted by Crippen LogP contribution is 2.28. The van der Waals surface area contributed by atoms with Crippen LogP contribution >= 0.6 is 15.9 Å². The maximum absolute atomic E-state index is 14.0. The number of nitrogens with one attached hydrogen (secondary N) is 1. The lowest BCUT2D eigenvalue weighted by Crippen LogP contribution is -2.48. The van der Waals surface area contributed by atoms with Gasteiger partial charge in [0.15, 0.2) is 5.78 Å². The molecule has 2 aliphatic rings. The third-order valence-corrected chi connectivity index (χ3v) is 5.06. The Morgan fingerprint density at radius 1 is 1.29 bits per heavy atom. The smallest absolute Gasteiger partial charge is 0.182 e. The first-order valence-corrected chi connectivity index (χ1v) is 8.42. The molecule has 1 N–H and O–H groups in total. The lowest BCUT2D eigenvalue weighted by atomic mass is 9.98. The van der Waals surface area contributed by atoms with E-state index < -0.39 is 5.82 Å². The van der Waals surface area contributed by atoms with E-state index >= 15 is 0 Å². The van der Waals surface area contributed by atoms with Crippen molar-refractivity contribution in [2.45, 2.75) is 37.8 Å². The Morgan fingerprint density at radius 3 is 2.81 bits per heavy atom. The van der Waals surface area contributed by atoms with Gasteiger partial charge in [0.25, 0.3) is 0 Å². The summed E-state index contributed by atoms with van der Waals surface area (Å²) in [6, 6.07) is 4.90. The number of carbonyl (C=O) groups excluding carboxylic acids is 1. The number of halogens is 2. The Hall–Kier alpha value is -0.780. The van der Waals surface area contributed by atoms with Gasteiger partial charge < -0.3 is 5.32 Å². The standard InChI is InChI=1S/C16H20BrFN2O/c17-11-3-4-14(18)13(10-11)16(21)15-2-1-9-20(15)12-5-7-19-8-6-12/h3-4,10,12,15,19H,1-2,5-9H2. The van der Waals surface area contributed by atoms with Crippen molar-refractivity contribution < 1.29 is 9.18 Å². The molecule has 114 valence electrons. The van der Waals surface area contributed by atoms with Crippen molar-refractivity contribution in [3.05, 3.63) is 34.1 Å². The van der Waals surface area contributed by atoms with Crippen molar-refractivity contribution >= 4 is 21.7 Å². The monoisotopic (exact) mass is 354 g/mol. The van der Waals surface area contributed by atoms with Crippen molar-refractivity contribution in [2.24, 2.45) is 0 Å². The normalized spacial score (nSPS) is 24.4. The van der Waals surface area contributed by atoms with E-state index in [2.05, 4.69) is 26.1 Å². The molecular formula is C16H20BrFN2O. The van der Waals surface area contributed by atoms with Crippen molar-refractivity contribution in [2.75, 3.05) is 19.6 Å². The second-order valence-electron chi connectivity index (χ2n) is 5.87. The van der Waals surface area contributed by atoms with E-state index in [0.29, 0.717) is 6.04 Å². The maximum Gasteiger partial charge on any atom is 0.182 e. The summed E-state index contributed by atoms with van der Waals surface area (Å²) in [5, 5.41) is 3.35. The number of hydrogen-bond acceptors (Lipinski definition) is 3. The van der Waals surface area contributed by atoms with Gasteiger partial charge in [0.05, 0.1) is 11.6 Å². The molecule has 0 saturated carbocycles. The number of carbonyl (C=O) groups is 1. The van der Waals surface area contributed by atoms with Crippen LogP contribution in [0, 0.1) is 5.82 Å². The van der Waals surface area contributed by atoms with Gasteiger partial charge in [0.1, 0.15) is 5.82 Å². The highest BCUT2D eigenvalue weighted by Gasteiger charge is 2.36. The summed E-state index contributed by atoms with van der Waals surface area (Å²) in [5.41, 5.74) is 0.218. The largest absolute Gasteiger partial charge is 0.317 e. The van der Waals surface area contributed by atoms with Crippen LogP contribution in [0.4, 0.5) is 4.39 Å². The van der Waals surface area contributed by atoms with Gasteiger partial charge in [-0.05, 0) is 63.5 Å². The molecule has 3 nitrogen and oxygen atoms in total. The molecule has 21 heavy (non-hydrogen) atoms. The van der Waals surface area contributed by atoms with Crippen molar-refractivity contribution in [1.82, 2.24) is 10.2 Å². The topological polar surface area (TPSA) is 32.3 Å². The summed E-state index contributed by atoms with van der Waals surface area (Å²) in [6.45, 7) is 2.97. The van der Waals surface area contributed by atoms with E-state index in [1.165, 1.54) is 6.07 Å². The minimum atomic E-state index is -0.416. The van der Waals surface area contributed by atoms with Crippen LogP contribution in [0.5, 0.6) is 0 Å². The Bertz CT molecular complexity index is 531. The van der Waals surface area contributed by atoms with E-state index in [0.717, 1.165) is 49.8 Å². The lowest BCUT2D eigenvalue weighted by molar-refractivity contribution is 0.0779. The van der Waals surface area contributed by atoms with Crippen molar-refractivity contribution in [3.63, 3.8) is 0 Å². The first kappa shape index (κ1) is 15.1. The summed E-state index contributed by atoms with van der Waals surface area (Å²) in [5.74, 6) is -0.481. The predicted molar refractivity (Wildman–Crippen MR) is 84.1 cm³/mol. The van der Waals surface area contributed by atoms with Gasteiger partial charge in [-0.25, -0.2) is 4.39 Å². The molecule has 1 aromatic rings. The van der Waals surface area contributed by atoms with E-state index in [-0.39, 0.29) is 17.4 Å². The van der Waals surface area contributed by atoms with E-state index in [1.807, 2.05) is 0 Å². The molecule has 1 atom stereocenters. The number of likely N-dealkylation sites (tertiary alicyclic amines) is 1. The number of rotatable bonds is 3. The van der Waals surface area contributed by atoms with Gasteiger partial charge >= 0.3 is 0 Å². The van der Waals surface area contributed by atoms with Gasteiger partial charge in [-0.1, -0.05) is 15.9 Å². The van der Waals surface area contributed by atoms with Crippen LogP contribution < -0.4 is 5.32 Å². The molecular weight excluding hydrogens is 335 g/mol. The molecule has 3 rings (SSSR count). The first-order chi connectivity index (χ1) is 10.2. The predicted octanol–water partition coefficient (Wildman–Crippen LogP) is 2.99. The molecule has 2 aliphatic heterocycles. The minimum Gasteiger partial charge on any atom is -0.317 e. The first-order valence-electron chi connectivity index (χ1n) is 7.62. The molecule has 2 fully saturated rings. The molecule has 2 heterocycles. The zero-order valence-electron chi connectivity index (χ0n) is 11.9. The zero-order valence-corrected chi connectivity index (χ0v) is 13.5. The van der Waals surface area contributed by atoms with Crippen LogP contribution in [0.3, 0.4) is 0 Å². The highest BCUT2D eigenvalue weighted by atomic mass is 79.9. The van der Waals surface area contributed by atoms with Crippen LogP contribution in [0.25, 0.3) is 0 Å². The summed E-state index contributed by atoms with van der Waals surface area (Å²) in [6.07, 6.45) is 4.01. The lowest BCUT2D eigenvalue weighted by Gasteiger charge is -2.35. The van der Waals surface area contributed by atoms with Gasteiger partial charge in [0, 0.05) is 10.5 Å². The number of piperidine rings is 1. The second-order valence-corrected chi connectivity index (χ2v) is 6.78. The summed E-state index contributed by atoms with van der Waals surface area (Å²) in [4.78, 5) is 15.1. The third kappa shape index (κ3) is 3.20. The number of nitrogens with zero attached hydrogens (tertiary/aromatic N) is 1. The van der Waals surface area contributed by atoms with E-state index in [1.54, 1.807) is 12.1 Å². The van der Waals surface area contributed by atoms with Crippen LogP contribution in [-0.4, -0.2) is 42.4 Å². The van der Waals surface area contributed by atoms with E-state index in [9.17, 15) is 9.18 Å². The third-order valence-electron chi connectivity index (χ3n) is 4.57. The van der Waals surface area contributed by atoms with Gasteiger partial charge in [-0.3, -0.25) is 9.69 Å². The number of Topliss-reactive ketones (excluding diaryl/α,β-unsaturated/α-hetero) is 1. The molecule has 0 spiro atoms. The van der Waals surface area contributed by atoms with Gasteiger partial charge in [-0.15, -0.1) is 0 Å². The fourth-order valence-electron chi connectivity index (χ4n) is 3.51. The summed E-state index contributed by atoms with van der Waals surface area (Å²) < 4.78 is 14.7. The van der Waals surface area contributed by atoms with Crippen LogP contribution in [-0.2, 0) is 0 Å². The molecule has 1 aromatic carbocycles. The molecule has 0 aromatic heterocycles. The number of hydrogen-bond donors (Lipinski definition) is 1. The Kier molecular flexibility index (Phi) is 4.72. The van der Waals surface area contributed by atoms with Gasteiger partial charge in [-0.2, -0.15) is 0 Å². The van der Waals surface area contributed by atoms with Crippen LogP contribution in [0.2, 0.25) is 0 Å². The van der Waals surface area contributed by atoms with Crippen LogP contribution in [0.15, 0.2) is 22.7 Å². The van der Waals surface area contributed by atoms with Crippen molar-refractivity contribution in [1.29, 1.82) is 0 Å². The quantitative estimate of drug-likeness (QED) is 0.847. The molecule has 0 aliphatic carbocycles. The summed E-state index contributed by atoms with van der Waals surface area (Å²) in [7, 11) is 0. The number of benzene rings is 1. The Labute approximate surface area is 133 Å². The maximum atomic E-state index is 14.0. The molecule has 2 saturated heterocycles. The highest BCUT2D eigenvalue weighted by molar-refractivity contribution is 9.10. The SMILES string of the molecule is O=C(c1cc(Br)ccc1F)C1CCCN1C1CCNCC1. The molecule has 0 bridgehead atoms. The molecule has 5 heteroatoms. The van der Waals surface area contributed by atoms with E-state index in [4.69, 9.17) is 0 Å². The average Bonchev–Trinajstić information content (AvgIpc) is 2.99. The fraction of sp³-hybridized carbons (Fsp3) is 0.562. The molecule has 1 unspecified atom stereocenters. The molecule has 0 radical (unpaired) electrons. The zero-order chi connectivity index (χ0) is 14.8. The summed E-state index contributed by atoms with van der Waals surface area (Å²) >= 11 is 3.32. The molecule has 0 amide bonds. The van der Waals surface area contributed by atoms with Crippen molar-refractivity contribution in [3.8, 4) is 0 Å². The number of ketones is 1. The second kappa shape index (κ2) is 6.55. The average molecular weight is 355 g/mol.